The van der Waals surface area contributed by atoms with Crippen molar-refractivity contribution in [3.63, 3.8) is 0 Å². The summed E-state index contributed by atoms with van der Waals surface area (Å²) in [5, 5.41) is 12.5. The van der Waals surface area contributed by atoms with Gasteiger partial charge in [-0.15, -0.1) is 0 Å². The quantitative estimate of drug-likeness (QED) is 0.790. The molecule has 1 rings (SSSR count). The molecule has 1 aromatic rings. The van der Waals surface area contributed by atoms with Gasteiger partial charge in [0.1, 0.15) is 17.5 Å². The second kappa shape index (κ2) is 7.28. The second-order valence-corrected chi connectivity index (χ2v) is 4.83. The van der Waals surface area contributed by atoms with Crippen LogP contribution < -0.4 is 10.2 Å². The van der Waals surface area contributed by atoms with Crippen LogP contribution in [0.4, 0.5) is 11.6 Å². The molecule has 0 saturated heterocycles. The summed E-state index contributed by atoms with van der Waals surface area (Å²) < 4.78 is 0. The number of nitrogens with zero attached hydrogens (tertiary/aromatic N) is 3. The third-order valence-corrected chi connectivity index (χ3v) is 3.06. The minimum atomic E-state index is 0.125. The molecular weight excluding hydrogens is 240 g/mol. The van der Waals surface area contributed by atoms with Crippen LogP contribution >= 0.6 is 0 Å². The van der Waals surface area contributed by atoms with Gasteiger partial charge in [-0.3, -0.25) is 0 Å². The molecule has 0 bridgehead atoms. The van der Waals surface area contributed by atoms with Crippen molar-refractivity contribution in [3.05, 3.63) is 11.4 Å². The first kappa shape index (κ1) is 15.7. The van der Waals surface area contributed by atoms with Crippen LogP contribution in [0.2, 0.25) is 0 Å². The Morgan fingerprint density at radius 1 is 1.26 bits per heavy atom. The summed E-state index contributed by atoms with van der Waals surface area (Å²) in [6, 6.07) is 0.292. The number of anilines is 2. The lowest BCUT2D eigenvalue weighted by molar-refractivity contribution is 0.298. The van der Waals surface area contributed by atoms with E-state index in [1.807, 2.05) is 6.92 Å². The van der Waals surface area contributed by atoms with Crippen LogP contribution in [0.25, 0.3) is 0 Å². The lowest BCUT2D eigenvalue weighted by Crippen LogP contribution is -2.35. The Hall–Kier alpha value is -1.36. The van der Waals surface area contributed by atoms with Crippen LogP contribution in [-0.4, -0.2) is 40.8 Å². The van der Waals surface area contributed by atoms with Gasteiger partial charge in [-0.25, -0.2) is 9.97 Å². The van der Waals surface area contributed by atoms with E-state index in [-0.39, 0.29) is 6.61 Å². The molecule has 0 fully saturated rings. The summed E-state index contributed by atoms with van der Waals surface area (Å²) in [7, 11) is 0. The van der Waals surface area contributed by atoms with Gasteiger partial charge in [0.25, 0.3) is 0 Å². The number of aliphatic hydroxyl groups is 1. The zero-order chi connectivity index (χ0) is 14.4. The molecule has 108 valence electrons. The molecule has 1 heterocycles. The highest BCUT2D eigenvalue weighted by Gasteiger charge is 2.18. The molecule has 1 aromatic heterocycles. The number of aliphatic hydroxyl groups excluding tert-OH is 1. The number of rotatable bonds is 7. The molecule has 0 aromatic carbocycles. The summed E-state index contributed by atoms with van der Waals surface area (Å²) >= 11 is 0. The first-order valence-electron chi connectivity index (χ1n) is 7.03. The van der Waals surface area contributed by atoms with Gasteiger partial charge in [-0.2, -0.15) is 0 Å². The van der Waals surface area contributed by atoms with E-state index in [4.69, 9.17) is 0 Å². The van der Waals surface area contributed by atoms with Gasteiger partial charge < -0.3 is 15.3 Å². The lowest BCUT2D eigenvalue weighted by atomic mass is 10.2. The topological polar surface area (TPSA) is 61.3 Å². The van der Waals surface area contributed by atoms with E-state index < -0.39 is 0 Å². The maximum Gasteiger partial charge on any atom is 0.137 e. The first-order chi connectivity index (χ1) is 9.04. The largest absolute Gasteiger partial charge is 0.395 e. The third kappa shape index (κ3) is 3.80. The third-order valence-electron chi connectivity index (χ3n) is 3.06. The predicted octanol–water partition coefficient (Wildman–Crippen LogP) is 1.99. The normalized spacial score (nSPS) is 10.9. The Balaban J connectivity index is 3.26. The van der Waals surface area contributed by atoms with Crippen molar-refractivity contribution in [1.82, 2.24) is 9.97 Å². The van der Waals surface area contributed by atoms with E-state index in [9.17, 15) is 5.11 Å². The molecule has 5 nitrogen and oxygen atoms in total. The standard InChI is InChI=1S/C14H26N4O/c1-6-12-16-13(15-7-2)11(5)14(17-12)18(8-9-19)10(3)4/h10,19H,6-9H2,1-5H3,(H,15,16,17). The molecule has 19 heavy (non-hydrogen) atoms. The Morgan fingerprint density at radius 3 is 2.42 bits per heavy atom. The van der Waals surface area contributed by atoms with Gasteiger partial charge in [0.2, 0.25) is 0 Å². The van der Waals surface area contributed by atoms with Crippen molar-refractivity contribution in [2.24, 2.45) is 0 Å². The Labute approximate surface area is 116 Å². The molecule has 0 radical (unpaired) electrons. The molecule has 5 heteroatoms. The molecular formula is C14H26N4O. The van der Waals surface area contributed by atoms with E-state index in [1.54, 1.807) is 0 Å². The van der Waals surface area contributed by atoms with E-state index in [0.717, 1.165) is 36.0 Å². The monoisotopic (exact) mass is 266 g/mol. The smallest absolute Gasteiger partial charge is 0.137 e. The van der Waals surface area contributed by atoms with Crippen molar-refractivity contribution in [1.29, 1.82) is 0 Å². The fraction of sp³-hybridized carbons (Fsp3) is 0.714. The number of nitrogens with one attached hydrogen (secondary N) is 1. The maximum absolute atomic E-state index is 9.24. The van der Waals surface area contributed by atoms with Gasteiger partial charge in [0, 0.05) is 31.1 Å². The second-order valence-electron chi connectivity index (χ2n) is 4.83. The molecule has 0 aliphatic rings. The van der Waals surface area contributed by atoms with Crippen molar-refractivity contribution in [2.45, 2.75) is 47.1 Å². The fourth-order valence-corrected chi connectivity index (χ4v) is 2.04. The molecule has 0 amide bonds. The summed E-state index contributed by atoms with van der Waals surface area (Å²) in [6.45, 7) is 11.9. The minimum absolute atomic E-state index is 0.125. The van der Waals surface area contributed by atoms with Crippen LogP contribution in [0.5, 0.6) is 0 Å². The van der Waals surface area contributed by atoms with Gasteiger partial charge in [-0.1, -0.05) is 6.92 Å². The van der Waals surface area contributed by atoms with Crippen LogP contribution in [0, 0.1) is 6.92 Å². The maximum atomic E-state index is 9.24. The van der Waals surface area contributed by atoms with E-state index in [0.29, 0.717) is 12.6 Å². The molecule has 0 unspecified atom stereocenters. The molecule has 0 spiro atoms. The molecule has 0 atom stereocenters. The molecule has 0 aliphatic heterocycles. The van der Waals surface area contributed by atoms with Gasteiger partial charge >= 0.3 is 0 Å². The lowest BCUT2D eigenvalue weighted by Gasteiger charge is -2.29. The zero-order valence-corrected chi connectivity index (χ0v) is 12.7. The van der Waals surface area contributed by atoms with Gasteiger partial charge in [0.15, 0.2) is 0 Å². The number of aromatic nitrogens is 2. The number of hydrogen-bond acceptors (Lipinski definition) is 5. The van der Waals surface area contributed by atoms with Crippen molar-refractivity contribution in [2.75, 3.05) is 29.9 Å². The van der Waals surface area contributed by atoms with Crippen LogP contribution in [-0.2, 0) is 6.42 Å². The SMILES string of the molecule is CCNc1nc(CC)nc(N(CCO)C(C)C)c1C. The van der Waals surface area contributed by atoms with E-state index in [2.05, 4.69) is 47.9 Å². The predicted molar refractivity (Wildman–Crippen MR) is 79.9 cm³/mol. The highest BCUT2D eigenvalue weighted by molar-refractivity contribution is 5.59. The number of aryl methyl sites for hydroxylation is 1. The highest BCUT2D eigenvalue weighted by Crippen LogP contribution is 2.25. The van der Waals surface area contributed by atoms with Crippen molar-refractivity contribution >= 4 is 11.6 Å². The Kier molecular flexibility index (Phi) is 6.02. The van der Waals surface area contributed by atoms with Crippen LogP contribution in [0.3, 0.4) is 0 Å². The van der Waals surface area contributed by atoms with Crippen LogP contribution in [0.15, 0.2) is 0 Å². The van der Waals surface area contributed by atoms with Crippen molar-refractivity contribution < 1.29 is 5.11 Å². The molecule has 0 saturated carbocycles. The number of hydrogen-bond donors (Lipinski definition) is 2. The summed E-state index contributed by atoms with van der Waals surface area (Å²) in [6.07, 6.45) is 0.802. The average Bonchev–Trinajstić information content (AvgIpc) is 2.38. The van der Waals surface area contributed by atoms with E-state index >= 15 is 0 Å². The first-order valence-corrected chi connectivity index (χ1v) is 7.03. The van der Waals surface area contributed by atoms with Gasteiger partial charge in [0.05, 0.1) is 6.61 Å². The van der Waals surface area contributed by atoms with E-state index in [1.165, 1.54) is 0 Å². The summed E-state index contributed by atoms with van der Waals surface area (Å²) in [5.41, 5.74) is 1.04. The highest BCUT2D eigenvalue weighted by atomic mass is 16.3. The van der Waals surface area contributed by atoms with Crippen molar-refractivity contribution in [3.8, 4) is 0 Å². The average molecular weight is 266 g/mol. The Morgan fingerprint density at radius 2 is 1.95 bits per heavy atom. The zero-order valence-electron chi connectivity index (χ0n) is 12.7. The summed E-state index contributed by atoms with van der Waals surface area (Å²) in [4.78, 5) is 11.3. The van der Waals surface area contributed by atoms with Gasteiger partial charge in [-0.05, 0) is 27.7 Å². The summed E-state index contributed by atoms with van der Waals surface area (Å²) in [5.74, 6) is 2.65. The van der Waals surface area contributed by atoms with Crippen LogP contribution in [0.1, 0.15) is 39.1 Å². The minimum Gasteiger partial charge on any atom is -0.395 e. The fourth-order valence-electron chi connectivity index (χ4n) is 2.04. The Bertz CT molecular complexity index is 407. The molecule has 2 N–H and O–H groups in total. The molecule has 0 aliphatic carbocycles.